The first kappa shape index (κ1) is 19.8. The standard InChI is InChI=1S/C23H26N2O3/c1-4-5-13-23(18-9-7-6-8-10-18)21(27)25(22(28)24-23)15-20(26)19-14-16(2)11-12-17(19)3/h6-12,14H,4-5,13,15H2,1-3H3,(H,24,28). The van der Waals surface area contributed by atoms with Crippen molar-refractivity contribution >= 4 is 17.7 Å². The molecule has 1 aliphatic heterocycles. The van der Waals surface area contributed by atoms with E-state index < -0.39 is 11.6 Å². The number of Topliss-reactive ketones (excluding diaryl/α,β-unsaturated/α-hetero) is 1. The highest BCUT2D eigenvalue weighted by Gasteiger charge is 2.52. The molecule has 0 bridgehead atoms. The van der Waals surface area contributed by atoms with Gasteiger partial charge in [-0.3, -0.25) is 14.5 Å². The fourth-order valence-electron chi connectivity index (χ4n) is 3.71. The van der Waals surface area contributed by atoms with E-state index in [1.807, 2.05) is 63.2 Å². The van der Waals surface area contributed by atoms with Gasteiger partial charge in [0.2, 0.25) is 0 Å². The van der Waals surface area contributed by atoms with Gasteiger partial charge in [0.05, 0.1) is 6.54 Å². The van der Waals surface area contributed by atoms with Crippen LogP contribution in [-0.4, -0.2) is 29.2 Å². The lowest BCUT2D eigenvalue weighted by Gasteiger charge is -2.27. The highest BCUT2D eigenvalue weighted by molar-refractivity contribution is 6.11. The summed E-state index contributed by atoms with van der Waals surface area (Å²) in [4.78, 5) is 40.0. The summed E-state index contributed by atoms with van der Waals surface area (Å²) in [6.07, 6.45) is 2.20. The van der Waals surface area contributed by atoms with Gasteiger partial charge in [-0.25, -0.2) is 4.79 Å². The molecule has 2 aromatic carbocycles. The molecule has 1 N–H and O–H groups in total. The molecular formula is C23H26N2O3. The van der Waals surface area contributed by atoms with Crippen LogP contribution >= 0.6 is 0 Å². The first-order valence-electron chi connectivity index (χ1n) is 9.69. The lowest BCUT2D eigenvalue weighted by molar-refractivity contribution is -0.131. The largest absolute Gasteiger partial charge is 0.325 e. The third-order valence-electron chi connectivity index (χ3n) is 5.34. The van der Waals surface area contributed by atoms with E-state index in [4.69, 9.17) is 0 Å². The number of amides is 3. The zero-order chi connectivity index (χ0) is 20.3. The molecule has 1 fully saturated rings. The maximum absolute atomic E-state index is 13.4. The van der Waals surface area contributed by atoms with E-state index in [1.54, 1.807) is 6.07 Å². The van der Waals surface area contributed by atoms with Crippen LogP contribution in [0.1, 0.15) is 53.2 Å². The Kier molecular flexibility index (Phi) is 5.63. The van der Waals surface area contributed by atoms with E-state index in [-0.39, 0.29) is 18.2 Å². The number of carbonyl (C=O) groups is 3. The Morgan fingerprint density at radius 1 is 1.07 bits per heavy atom. The molecule has 1 atom stereocenters. The van der Waals surface area contributed by atoms with Gasteiger partial charge in [-0.05, 0) is 37.5 Å². The Bertz CT molecular complexity index is 907. The number of benzene rings is 2. The van der Waals surface area contributed by atoms with E-state index in [1.165, 1.54) is 0 Å². The highest BCUT2D eigenvalue weighted by Crippen LogP contribution is 2.34. The SMILES string of the molecule is CCCCC1(c2ccccc2)NC(=O)N(CC(=O)c2cc(C)ccc2C)C1=O. The third kappa shape index (κ3) is 3.57. The molecule has 28 heavy (non-hydrogen) atoms. The Morgan fingerprint density at radius 3 is 2.46 bits per heavy atom. The predicted molar refractivity (Wildman–Crippen MR) is 108 cm³/mol. The summed E-state index contributed by atoms with van der Waals surface area (Å²) in [5, 5.41) is 2.89. The predicted octanol–water partition coefficient (Wildman–Crippen LogP) is 4.12. The second kappa shape index (κ2) is 7.97. The lowest BCUT2D eigenvalue weighted by Crippen LogP contribution is -2.44. The van der Waals surface area contributed by atoms with Crippen molar-refractivity contribution in [3.63, 3.8) is 0 Å². The van der Waals surface area contributed by atoms with E-state index in [0.717, 1.165) is 34.4 Å². The van der Waals surface area contributed by atoms with Crippen LogP contribution in [0.15, 0.2) is 48.5 Å². The van der Waals surface area contributed by atoms with Gasteiger partial charge in [0.1, 0.15) is 5.54 Å². The van der Waals surface area contributed by atoms with Crippen molar-refractivity contribution in [2.24, 2.45) is 0 Å². The van der Waals surface area contributed by atoms with Gasteiger partial charge in [-0.1, -0.05) is 67.8 Å². The second-order valence-electron chi connectivity index (χ2n) is 7.44. The van der Waals surface area contributed by atoms with Crippen LogP contribution in [0.3, 0.4) is 0 Å². The van der Waals surface area contributed by atoms with Gasteiger partial charge in [-0.15, -0.1) is 0 Å². The fraction of sp³-hybridized carbons (Fsp3) is 0.348. The van der Waals surface area contributed by atoms with Gasteiger partial charge < -0.3 is 5.32 Å². The first-order chi connectivity index (χ1) is 13.4. The monoisotopic (exact) mass is 378 g/mol. The number of ketones is 1. The van der Waals surface area contributed by atoms with Crippen molar-refractivity contribution < 1.29 is 14.4 Å². The van der Waals surface area contributed by atoms with E-state index in [2.05, 4.69) is 5.32 Å². The molecule has 0 radical (unpaired) electrons. The molecule has 3 amide bonds. The average molecular weight is 378 g/mol. The molecule has 1 heterocycles. The van der Waals surface area contributed by atoms with Crippen molar-refractivity contribution in [3.8, 4) is 0 Å². The second-order valence-corrected chi connectivity index (χ2v) is 7.44. The molecule has 5 heteroatoms. The Hall–Kier alpha value is -2.95. The maximum atomic E-state index is 13.4. The van der Waals surface area contributed by atoms with Crippen LogP contribution in [-0.2, 0) is 10.3 Å². The number of nitrogens with one attached hydrogen (secondary N) is 1. The fourth-order valence-corrected chi connectivity index (χ4v) is 3.71. The minimum absolute atomic E-state index is 0.232. The summed E-state index contributed by atoms with van der Waals surface area (Å²) in [6, 6.07) is 14.4. The molecule has 146 valence electrons. The van der Waals surface area contributed by atoms with E-state index in [0.29, 0.717) is 12.0 Å². The number of nitrogens with zero attached hydrogens (tertiary/aromatic N) is 1. The molecule has 2 aromatic rings. The average Bonchev–Trinajstić information content (AvgIpc) is 2.94. The molecule has 0 saturated carbocycles. The number of hydrogen-bond acceptors (Lipinski definition) is 3. The summed E-state index contributed by atoms with van der Waals surface area (Å²) in [6.45, 7) is 5.56. The Balaban J connectivity index is 1.91. The minimum atomic E-state index is -1.10. The molecule has 1 aliphatic rings. The number of rotatable bonds is 7. The number of urea groups is 1. The van der Waals surface area contributed by atoms with Crippen molar-refractivity contribution in [2.75, 3.05) is 6.54 Å². The van der Waals surface area contributed by atoms with Gasteiger partial charge in [0.15, 0.2) is 5.78 Å². The van der Waals surface area contributed by atoms with E-state index in [9.17, 15) is 14.4 Å². The molecule has 0 aromatic heterocycles. The van der Waals surface area contributed by atoms with Gasteiger partial charge >= 0.3 is 6.03 Å². The first-order valence-corrected chi connectivity index (χ1v) is 9.69. The van der Waals surface area contributed by atoms with Crippen LogP contribution < -0.4 is 5.32 Å². The topological polar surface area (TPSA) is 66.5 Å². The smallest absolute Gasteiger partial charge is 0.319 e. The number of unbranched alkanes of at least 4 members (excludes halogenated alkanes) is 1. The van der Waals surface area contributed by atoms with Crippen LogP contribution in [0.2, 0.25) is 0 Å². The van der Waals surface area contributed by atoms with E-state index >= 15 is 0 Å². The van der Waals surface area contributed by atoms with Gasteiger partial charge in [0.25, 0.3) is 5.91 Å². The molecule has 0 spiro atoms. The van der Waals surface area contributed by atoms with Gasteiger partial charge in [0, 0.05) is 5.56 Å². The normalized spacial score (nSPS) is 19.0. The summed E-state index contributed by atoms with van der Waals surface area (Å²) in [7, 11) is 0. The van der Waals surface area contributed by atoms with Crippen LogP contribution in [0.5, 0.6) is 0 Å². The van der Waals surface area contributed by atoms with Crippen LogP contribution in [0, 0.1) is 13.8 Å². The Morgan fingerprint density at radius 2 is 1.79 bits per heavy atom. The maximum Gasteiger partial charge on any atom is 0.325 e. The lowest BCUT2D eigenvalue weighted by atomic mass is 9.85. The molecule has 3 rings (SSSR count). The highest BCUT2D eigenvalue weighted by atomic mass is 16.2. The molecule has 1 unspecified atom stereocenters. The zero-order valence-corrected chi connectivity index (χ0v) is 16.6. The number of hydrogen-bond donors (Lipinski definition) is 1. The number of carbonyl (C=O) groups excluding carboxylic acids is 3. The molecule has 5 nitrogen and oxygen atoms in total. The van der Waals surface area contributed by atoms with Crippen LogP contribution in [0.4, 0.5) is 4.79 Å². The summed E-state index contributed by atoms with van der Waals surface area (Å²) in [5.74, 6) is -0.583. The van der Waals surface area contributed by atoms with Crippen molar-refractivity contribution in [2.45, 2.75) is 45.6 Å². The third-order valence-corrected chi connectivity index (χ3v) is 5.34. The molecule has 0 aliphatic carbocycles. The van der Waals surface area contributed by atoms with Crippen LogP contribution in [0.25, 0.3) is 0 Å². The summed E-state index contributed by atoms with van der Waals surface area (Å²) in [5.41, 5.74) is 2.00. The quantitative estimate of drug-likeness (QED) is 0.582. The van der Waals surface area contributed by atoms with Crippen molar-refractivity contribution in [1.29, 1.82) is 0 Å². The summed E-state index contributed by atoms with van der Waals surface area (Å²) >= 11 is 0. The number of aryl methyl sites for hydroxylation is 2. The van der Waals surface area contributed by atoms with Gasteiger partial charge in [-0.2, -0.15) is 0 Å². The minimum Gasteiger partial charge on any atom is -0.319 e. The summed E-state index contributed by atoms with van der Waals surface area (Å²) < 4.78 is 0. The van der Waals surface area contributed by atoms with Crippen molar-refractivity contribution in [1.82, 2.24) is 10.2 Å². The number of imide groups is 1. The Labute approximate surface area is 165 Å². The van der Waals surface area contributed by atoms with Crippen molar-refractivity contribution in [3.05, 3.63) is 70.8 Å². The zero-order valence-electron chi connectivity index (χ0n) is 16.6. The molecular weight excluding hydrogens is 352 g/mol. The molecule has 1 saturated heterocycles.